The zero-order valence-corrected chi connectivity index (χ0v) is 8.31. The molecule has 0 spiro atoms. The van der Waals surface area contributed by atoms with Crippen LogP contribution in [0.5, 0.6) is 0 Å². The van der Waals surface area contributed by atoms with Gasteiger partial charge in [-0.3, -0.25) is 0 Å². The monoisotopic (exact) mass is 206 g/mol. The third-order valence-electron chi connectivity index (χ3n) is 2.18. The van der Waals surface area contributed by atoms with Gasteiger partial charge in [-0.2, -0.15) is 0 Å². The second-order valence-electron chi connectivity index (χ2n) is 3.37. The minimum atomic E-state index is -0.362. The Hall–Kier alpha value is -1.68. The van der Waals surface area contributed by atoms with E-state index in [-0.39, 0.29) is 12.4 Å². The topological polar surface area (TPSA) is 38.0 Å². The zero-order valence-electron chi connectivity index (χ0n) is 8.31. The van der Waals surface area contributed by atoms with Crippen molar-refractivity contribution in [1.29, 1.82) is 0 Å². The van der Waals surface area contributed by atoms with Gasteiger partial charge in [-0.25, -0.2) is 9.37 Å². The van der Waals surface area contributed by atoms with Crippen molar-refractivity contribution in [3.05, 3.63) is 47.8 Å². The molecule has 0 saturated carbocycles. The van der Waals surface area contributed by atoms with Crippen LogP contribution in [-0.2, 0) is 6.61 Å². The fourth-order valence-electron chi connectivity index (χ4n) is 1.41. The third kappa shape index (κ3) is 1.89. The number of imidazole rings is 1. The number of halogens is 1. The van der Waals surface area contributed by atoms with E-state index in [0.29, 0.717) is 11.3 Å². The average molecular weight is 206 g/mol. The van der Waals surface area contributed by atoms with Crippen LogP contribution >= 0.6 is 0 Å². The van der Waals surface area contributed by atoms with Gasteiger partial charge in [0.1, 0.15) is 5.82 Å². The van der Waals surface area contributed by atoms with Crippen molar-refractivity contribution < 1.29 is 9.50 Å². The molecule has 0 unspecified atom stereocenters. The van der Waals surface area contributed by atoms with Gasteiger partial charge in [-0.15, -0.1) is 0 Å². The Bertz CT molecular complexity index is 479. The molecule has 15 heavy (non-hydrogen) atoms. The highest BCUT2D eigenvalue weighted by Gasteiger charge is 2.05. The highest BCUT2D eigenvalue weighted by molar-refractivity contribution is 5.36. The van der Waals surface area contributed by atoms with Gasteiger partial charge in [0, 0.05) is 6.20 Å². The first kappa shape index (κ1) is 9.86. The van der Waals surface area contributed by atoms with E-state index in [4.69, 9.17) is 5.11 Å². The molecule has 78 valence electrons. The summed E-state index contributed by atoms with van der Waals surface area (Å²) < 4.78 is 15.2. The molecule has 0 aliphatic rings. The fraction of sp³-hybridized carbons (Fsp3) is 0.182. The molecular weight excluding hydrogens is 195 g/mol. The van der Waals surface area contributed by atoms with Crippen molar-refractivity contribution in [2.75, 3.05) is 0 Å². The van der Waals surface area contributed by atoms with Crippen LogP contribution in [0.2, 0.25) is 0 Å². The number of hydrogen-bond acceptors (Lipinski definition) is 2. The zero-order chi connectivity index (χ0) is 10.8. The molecule has 4 heteroatoms. The average Bonchev–Trinajstić information content (AvgIpc) is 2.64. The first-order valence-corrected chi connectivity index (χ1v) is 4.61. The molecule has 0 radical (unpaired) electrons. The van der Waals surface area contributed by atoms with Crippen LogP contribution in [-0.4, -0.2) is 14.7 Å². The molecule has 1 aromatic heterocycles. The summed E-state index contributed by atoms with van der Waals surface area (Å²) in [4.78, 5) is 4.02. The van der Waals surface area contributed by atoms with Crippen molar-refractivity contribution in [3.8, 4) is 5.69 Å². The van der Waals surface area contributed by atoms with Gasteiger partial charge < -0.3 is 9.67 Å². The standard InChI is InChI=1S/C11H11FN2O/c1-8-5-14(7-13-8)11-3-2-9(6-15)4-10(11)12/h2-5,7,15H,6H2,1H3. The number of rotatable bonds is 2. The molecule has 0 fully saturated rings. The lowest BCUT2D eigenvalue weighted by Gasteiger charge is -2.04. The van der Waals surface area contributed by atoms with Crippen molar-refractivity contribution in [3.63, 3.8) is 0 Å². The van der Waals surface area contributed by atoms with Gasteiger partial charge in [0.25, 0.3) is 0 Å². The largest absolute Gasteiger partial charge is 0.392 e. The van der Waals surface area contributed by atoms with Crippen molar-refractivity contribution in [2.24, 2.45) is 0 Å². The second-order valence-corrected chi connectivity index (χ2v) is 3.37. The lowest BCUT2D eigenvalue weighted by molar-refractivity contribution is 0.281. The number of hydrogen-bond donors (Lipinski definition) is 1. The van der Waals surface area contributed by atoms with E-state index in [1.54, 1.807) is 29.2 Å². The highest BCUT2D eigenvalue weighted by atomic mass is 19.1. The summed E-state index contributed by atoms with van der Waals surface area (Å²) in [6.07, 6.45) is 3.31. The number of aliphatic hydroxyl groups is 1. The Labute approximate surface area is 86.8 Å². The second kappa shape index (κ2) is 3.82. The molecule has 0 atom stereocenters. The van der Waals surface area contributed by atoms with E-state index in [9.17, 15) is 4.39 Å². The SMILES string of the molecule is Cc1cn(-c2ccc(CO)cc2F)cn1. The van der Waals surface area contributed by atoms with Gasteiger partial charge in [-0.05, 0) is 24.6 Å². The van der Waals surface area contributed by atoms with Gasteiger partial charge in [0.05, 0.1) is 24.3 Å². The van der Waals surface area contributed by atoms with E-state index < -0.39 is 0 Å². The summed E-state index contributed by atoms with van der Waals surface area (Å²) in [5.41, 5.74) is 1.83. The summed E-state index contributed by atoms with van der Waals surface area (Å²) in [6.45, 7) is 1.69. The molecule has 3 nitrogen and oxygen atoms in total. The summed E-state index contributed by atoms with van der Waals surface area (Å²) >= 11 is 0. The van der Waals surface area contributed by atoms with Crippen molar-refractivity contribution in [2.45, 2.75) is 13.5 Å². The lowest BCUT2D eigenvalue weighted by atomic mass is 10.2. The maximum absolute atomic E-state index is 13.6. The van der Waals surface area contributed by atoms with Crippen LogP contribution < -0.4 is 0 Å². The smallest absolute Gasteiger partial charge is 0.147 e. The molecule has 0 aliphatic carbocycles. The van der Waals surface area contributed by atoms with Crippen LogP contribution in [0, 0.1) is 12.7 Å². The van der Waals surface area contributed by atoms with Crippen LogP contribution in [0.25, 0.3) is 5.69 Å². The van der Waals surface area contributed by atoms with Gasteiger partial charge in [0.2, 0.25) is 0 Å². The number of aryl methyl sites for hydroxylation is 1. The fourth-order valence-corrected chi connectivity index (χ4v) is 1.41. The molecule has 0 amide bonds. The van der Waals surface area contributed by atoms with Crippen molar-refractivity contribution >= 4 is 0 Å². The maximum atomic E-state index is 13.6. The van der Waals surface area contributed by atoms with E-state index in [1.165, 1.54) is 6.07 Å². The summed E-state index contributed by atoms with van der Waals surface area (Å²) in [6, 6.07) is 4.64. The van der Waals surface area contributed by atoms with Crippen LogP contribution in [0.4, 0.5) is 4.39 Å². The number of nitrogens with zero attached hydrogens (tertiary/aromatic N) is 2. The Kier molecular flexibility index (Phi) is 2.51. The lowest BCUT2D eigenvalue weighted by Crippen LogP contribution is -1.96. The predicted octanol–water partition coefficient (Wildman–Crippen LogP) is 1.81. The predicted molar refractivity (Wildman–Crippen MR) is 54.2 cm³/mol. The number of aliphatic hydroxyl groups excluding tert-OH is 1. The minimum absolute atomic E-state index is 0.153. The van der Waals surface area contributed by atoms with E-state index >= 15 is 0 Å². The Morgan fingerprint density at radius 2 is 2.27 bits per heavy atom. The molecule has 0 aliphatic heterocycles. The normalized spacial score (nSPS) is 10.6. The van der Waals surface area contributed by atoms with E-state index in [2.05, 4.69) is 4.98 Å². The Morgan fingerprint density at radius 3 is 2.80 bits per heavy atom. The van der Waals surface area contributed by atoms with Gasteiger partial charge in [0.15, 0.2) is 0 Å². The third-order valence-corrected chi connectivity index (χ3v) is 2.18. The molecule has 0 saturated heterocycles. The molecule has 1 heterocycles. The first-order valence-electron chi connectivity index (χ1n) is 4.61. The molecule has 2 rings (SSSR count). The molecular formula is C11H11FN2O. The number of benzene rings is 1. The first-order chi connectivity index (χ1) is 7.20. The van der Waals surface area contributed by atoms with Gasteiger partial charge >= 0.3 is 0 Å². The molecule has 1 N–H and O–H groups in total. The van der Waals surface area contributed by atoms with Crippen LogP contribution in [0.15, 0.2) is 30.7 Å². The van der Waals surface area contributed by atoms with Crippen LogP contribution in [0.1, 0.15) is 11.3 Å². The molecule has 1 aromatic carbocycles. The number of aromatic nitrogens is 2. The van der Waals surface area contributed by atoms with Gasteiger partial charge in [-0.1, -0.05) is 6.07 Å². The summed E-state index contributed by atoms with van der Waals surface area (Å²) in [7, 11) is 0. The van der Waals surface area contributed by atoms with Crippen LogP contribution in [0.3, 0.4) is 0 Å². The summed E-state index contributed by atoms with van der Waals surface area (Å²) in [5.74, 6) is -0.362. The van der Waals surface area contributed by atoms with Crippen molar-refractivity contribution in [1.82, 2.24) is 9.55 Å². The molecule has 2 aromatic rings. The maximum Gasteiger partial charge on any atom is 0.147 e. The Balaban J connectivity index is 2.45. The quantitative estimate of drug-likeness (QED) is 0.813. The minimum Gasteiger partial charge on any atom is -0.392 e. The molecule has 0 bridgehead atoms. The Morgan fingerprint density at radius 1 is 1.47 bits per heavy atom. The van der Waals surface area contributed by atoms with E-state index in [1.807, 2.05) is 6.92 Å². The summed E-state index contributed by atoms with van der Waals surface area (Å²) in [5, 5.41) is 8.84. The highest BCUT2D eigenvalue weighted by Crippen LogP contribution is 2.15. The van der Waals surface area contributed by atoms with E-state index in [0.717, 1.165) is 5.69 Å².